The molecule has 0 aliphatic carbocycles. The lowest BCUT2D eigenvalue weighted by Gasteiger charge is -2.18. The summed E-state index contributed by atoms with van der Waals surface area (Å²) in [5.74, 6) is -0.623. The van der Waals surface area contributed by atoms with Crippen LogP contribution in [0.25, 0.3) is 22.2 Å². The van der Waals surface area contributed by atoms with Crippen LogP contribution in [0.3, 0.4) is 0 Å². The number of likely N-dealkylation sites (tertiary alicyclic amines) is 1. The smallest absolute Gasteiger partial charge is 0.337 e. The van der Waals surface area contributed by atoms with Crippen LogP contribution in [0, 0.1) is 0 Å². The standard InChI is InChI=1S/C23H16F9N3O3S/c24-21(25,26)15-8-14(9-16(10-15)22(27,28)29)19-3-1-12-7-13(2-4-18(12)33-19)20(36)35-6-5-17(11-35)34-39(37,38)23(30,31)32/h1-4,7-10,17,34H,5-6,11H2. The second kappa shape index (κ2) is 9.66. The predicted molar refractivity (Wildman–Crippen MR) is 120 cm³/mol. The number of sulfonamides is 1. The molecule has 0 bridgehead atoms. The van der Waals surface area contributed by atoms with Crippen molar-refractivity contribution in [2.75, 3.05) is 13.1 Å². The van der Waals surface area contributed by atoms with Gasteiger partial charge in [0.15, 0.2) is 0 Å². The predicted octanol–water partition coefficient (Wildman–Crippen LogP) is 5.59. The van der Waals surface area contributed by atoms with Gasteiger partial charge in [-0.05, 0) is 48.9 Å². The van der Waals surface area contributed by atoms with Crippen LogP contribution in [-0.2, 0) is 22.4 Å². The summed E-state index contributed by atoms with van der Waals surface area (Å²) in [6, 6.07) is 6.38. The number of hydrogen-bond donors (Lipinski definition) is 1. The number of carbonyl (C=O) groups excluding carboxylic acids is 1. The van der Waals surface area contributed by atoms with Crippen molar-refractivity contribution in [2.45, 2.75) is 30.3 Å². The molecule has 3 aromatic rings. The number of amides is 1. The minimum atomic E-state index is -5.59. The second-order valence-corrected chi connectivity index (χ2v) is 10.4. The molecule has 4 rings (SSSR count). The molecule has 39 heavy (non-hydrogen) atoms. The third kappa shape index (κ3) is 6.11. The number of alkyl halides is 9. The summed E-state index contributed by atoms with van der Waals surface area (Å²) in [4.78, 5) is 18.1. The van der Waals surface area contributed by atoms with Crippen molar-refractivity contribution in [2.24, 2.45) is 0 Å². The number of fused-ring (bicyclic) bond motifs is 1. The first-order chi connectivity index (χ1) is 17.8. The maximum absolute atomic E-state index is 13.2. The molecule has 1 amide bonds. The molecular formula is C23H16F9N3O3S. The van der Waals surface area contributed by atoms with Crippen LogP contribution in [0.5, 0.6) is 0 Å². The molecule has 1 aliphatic rings. The number of halogens is 9. The molecule has 1 saturated heterocycles. The van der Waals surface area contributed by atoms with E-state index in [4.69, 9.17) is 0 Å². The minimum absolute atomic E-state index is 0.000584. The van der Waals surface area contributed by atoms with Gasteiger partial charge in [-0.15, -0.1) is 0 Å². The highest BCUT2D eigenvalue weighted by Gasteiger charge is 2.47. The first-order valence-electron chi connectivity index (χ1n) is 10.9. The molecule has 210 valence electrons. The molecule has 2 aromatic carbocycles. The number of carbonyl (C=O) groups is 1. The largest absolute Gasteiger partial charge is 0.511 e. The Labute approximate surface area is 214 Å². The van der Waals surface area contributed by atoms with Crippen LogP contribution in [0.2, 0.25) is 0 Å². The van der Waals surface area contributed by atoms with Gasteiger partial charge in [-0.3, -0.25) is 4.79 Å². The summed E-state index contributed by atoms with van der Waals surface area (Å²) in [5, 5.41) is 0.307. The van der Waals surface area contributed by atoms with E-state index in [1.807, 2.05) is 0 Å². The first kappa shape index (κ1) is 28.6. The quantitative estimate of drug-likeness (QED) is 0.405. The summed E-state index contributed by atoms with van der Waals surface area (Å²) < 4.78 is 141. The zero-order valence-electron chi connectivity index (χ0n) is 19.2. The maximum Gasteiger partial charge on any atom is 0.511 e. The van der Waals surface area contributed by atoms with E-state index in [0.717, 1.165) is 4.90 Å². The van der Waals surface area contributed by atoms with Crippen LogP contribution >= 0.6 is 0 Å². The Kier molecular flexibility index (Phi) is 7.08. The fraction of sp³-hybridized carbons (Fsp3) is 0.304. The van der Waals surface area contributed by atoms with E-state index in [2.05, 4.69) is 4.98 Å². The van der Waals surface area contributed by atoms with Crippen molar-refractivity contribution >= 4 is 26.8 Å². The average Bonchev–Trinajstić information content (AvgIpc) is 3.28. The molecule has 1 fully saturated rings. The number of benzene rings is 2. The lowest BCUT2D eigenvalue weighted by molar-refractivity contribution is -0.143. The molecular weight excluding hydrogens is 569 g/mol. The summed E-state index contributed by atoms with van der Waals surface area (Å²) in [6.45, 7) is -0.351. The normalized spacial score (nSPS) is 17.2. The SMILES string of the molecule is O=C(c1ccc2nc(-c3cc(C(F)(F)F)cc(C(F)(F)F)c3)ccc2c1)N1CCC(NS(=O)(=O)C(F)(F)F)C1. The van der Waals surface area contributed by atoms with E-state index in [1.165, 1.54) is 35.1 Å². The Balaban J connectivity index is 1.58. The second-order valence-electron chi connectivity index (χ2n) is 8.70. The van der Waals surface area contributed by atoms with Gasteiger partial charge in [0.2, 0.25) is 0 Å². The minimum Gasteiger partial charge on any atom is -0.337 e. The van der Waals surface area contributed by atoms with Gasteiger partial charge >= 0.3 is 27.9 Å². The lowest BCUT2D eigenvalue weighted by Crippen LogP contribution is -2.44. The zero-order chi connectivity index (χ0) is 29.0. The van der Waals surface area contributed by atoms with E-state index >= 15 is 0 Å². The van der Waals surface area contributed by atoms with Crippen molar-refractivity contribution < 1.29 is 52.7 Å². The molecule has 1 aliphatic heterocycles. The van der Waals surface area contributed by atoms with Gasteiger partial charge in [-0.1, -0.05) is 6.07 Å². The number of nitrogens with zero attached hydrogens (tertiary/aromatic N) is 2. The maximum atomic E-state index is 13.2. The van der Waals surface area contributed by atoms with Crippen molar-refractivity contribution in [3.63, 3.8) is 0 Å². The molecule has 16 heteroatoms. The van der Waals surface area contributed by atoms with E-state index < -0.39 is 56.5 Å². The van der Waals surface area contributed by atoms with Crippen molar-refractivity contribution in [1.82, 2.24) is 14.6 Å². The van der Waals surface area contributed by atoms with E-state index in [1.54, 1.807) is 0 Å². The Bertz CT molecular complexity index is 1500. The van der Waals surface area contributed by atoms with Gasteiger partial charge in [0.05, 0.1) is 22.3 Å². The first-order valence-corrected chi connectivity index (χ1v) is 12.4. The van der Waals surface area contributed by atoms with Gasteiger partial charge in [0.1, 0.15) is 0 Å². The third-order valence-corrected chi connectivity index (χ3v) is 7.17. The van der Waals surface area contributed by atoms with E-state index in [-0.39, 0.29) is 42.4 Å². The molecule has 0 spiro atoms. The topological polar surface area (TPSA) is 79.4 Å². The van der Waals surface area contributed by atoms with Gasteiger partial charge in [-0.2, -0.15) is 39.5 Å². The summed E-state index contributed by atoms with van der Waals surface area (Å²) >= 11 is 0. The summed E-state index contributed by atoms with van der Waals surface area (Å²) in [7, 11) is -5.59. The van der Waals surface area contributed by atoms with E-state index in [0.29, 0.717) is 17.5 Å². The number of hydrogen-bond acceptors (Lipinski definition) is 4. The fourth-order valence-corrected chi connectivity index (χ4v) is 4.80. The zero-order valence-corrected chi connectivity index (χ0v) is 20.1. The lowest BCUT2D eigenvalue weighted by atomic mass is 10.0. The molecule has 6 nitrogen and oxygen atoms in total. The average molecular weight is 585 g/mol. The molecule has 0 saturated carbocycles. The summed E-state index contributed by atoms with van der Waals surface area (Å²) in [5.41, 5.74) is -8.91. The Morgan fingerprint density at radius 2 is 1.49 bits per heavy atom. The van der Waals surface area contributed by atoms with E-state index in [9.17, 15) is 52.7 Å². The van der Waals surface area contributed by atoms with Gasteiger partial charge in [0, 0.05) is 35.6 Å². The van der Waals surface area contributed by atoms with Gasteiger partial charge in [0.25, 0.3) is 5.91 Å². The van der Waals surface area contributed by atoms with Crippen LogP contribution in [0.4, 0.5) is 39.5 Å². The van der Waals surface area contributed by atoms with Crippen LogP contribution < -0.4 is 4.72 Å². The van der Waals surface area contributed by atoms with Gasteiger partial charge < -0.3 is 4.90 Å². The Morgan fingerprint density at radius 3 is 2.05 bits per heavy atom. The van der Waals surface area contributed by atoms with Crippen molar-refractivity contribution in [3.05, 3.63) is 65.2 Å². The Morgan fingerprint density at radius 1 is 0.872 bits per heavy atom. The molecule has 1 atom stereocenters. The van der Waals surface area contributed by atoms with Gasteiger partial charge in [-0.25, -0.2) is 18.1 Å². The number of rotatable bonds is 4. The highest BCUT2D eigenvalue weighted by atomic mass is 32.2. The van der Waals surface area contributed by atoms with Crippen LogP contribution in [-0.4, -0.2) is 48.8 Å². The number of pyridine rings is 1. The molecule has 1 aromatic heterocycles. The highest BCUT2D eigenvalue weighted by Crippen LogP contribution is 2.38. The highest BCUT2D eigenvalue weighted by molar-refractivity contribution is 7.90. The third-order valence-electron chi connectivity index (χ3n) is 5.92. The molecule has 1 N–H and O–H groups in total. The molecule has 2 heterocycles. The number of nitrogens with one attached hydrogen (secondary N) is 1. The number of aromatic nitrogens is 1. The van der Waals surface area contributed by atoms with Crippen LogP contribution in [0.1, 0.15) is 27.9 Å². The fourth-order valence-electron chi connectivity index (χ4n) is 4.03. The van der Waals surface area contributed by atoms with Crippen LogP contribution in [0.15, 0.2) is 48.5 Å². The van der Waals surface area contributed by atoms with Crippen molar-refractivity contribution in [1.29, 1.82) is 0 Å². The Hall–Kier alpha value is -3.40. The molecule has 1 unspecified atom stereocenters. The van der Waals surface area contributed by atoms with Crippen molar-refractivity contribution in [3.8, 4) is 11.3 Å². The monoisotopic (exact) mass is 585 g/mol. The summed E-state index contributed by atoms with van der Waals surface area (Å²) in [6.07, 6.45) is -10.1. The molecule has 0 radical (unpaired) electrons.